The van der Waals surface area contributed by atoms with E-state index >= 15 is 0 Å². The van der Waals surface area contributed by atoms with Gasteiger partial charge in [-0.25, -0.2) is 4.39 Å². The Morgan fingerprint density at radius 3 is 2.55 bits per heavy atom. The molecule has 0 fully saturated rings. The van der Waals surface area contributed by atoms with Gasteiger partial charge < -0.3 is 10.8 Å². The average molecular weight is 171 g/mol. The highest BCUT2D eigenvalue weighted by Gasteiger charge is 2.00. The molecule has 0 spiro atoms. The summed E-state index contributed by atoms with van der Waals surface area (Å²) >= 11 is 4.58. The van der Waals surface area contributed by atoms with E-state index in [0.717, 1.165) is 6.07 Å². The predicted octanol–water partition coefficient (Wildman–Crippen LogP) is 1.17. The minimum atomic E-state index is -0.548. The first-order valence-corrected chi connectivity index (χ1v) is 3.30. The lowest BCUT2D eigenvalue weighted by molar-refractivity contribution is 0.469. The van der Waals surface area contributed by atoms with E-state index in [-0.39, 0.29) is 10.7 Å². The van der Waals surface area contributed by atoms with Crippen LogP contribution in [0.2, 0.25) is 0 Å². The number of hydrogen-bond donors (Lipinski definition) is 2. The molecule has 0 aromatic heterocycles. The van der Waals surface area contributed by atoms with Gasteiger partial charge >= 0.3 is 0 Å². The number of aromatic hydroxyl groups is 1. The van der Waals surface area contributed by atoms with Crippen molar-refractivity contribution in [2.75, 3.05) is 0 Å². The number of nitrogens with two attached hydrogens (primary N) is 1. The predicted molar refractivity (Wildman–Crippen MR) is 44.0 cm³/mol. The molecule has 0 aliphatic carbocycles. The first-order valence-electron chi connectivity index (χ1n) is 2.89. The monoisotopic (exact) mass is 171 g/mol. The Morgan fingerprint density at radius 2 is 2.09 bits per heavy atom. The van der Waals surface area contributed by atoms with Crippen LogP contribution in [0, 0.1) is 5.82 Å². The van der Waals surface area contributed by atoms with Crippen molar-refractivity contribution in [1.29, 1.82) is 0 Å². The molecule has 0 unspecified atom stereocenters. The normalized spacial score (nSPS) is 9.55. The number of hydrogen-bond acceptors (Lipinski definition) is 2. The van der Waals surface area contributed by atoms with Gasteiger partial charge in [-0.2, -0.15) is 0 Å². The van der Waals surface area contributed by atoms with Crippen molar-refractivity contribution in [3.63, 3.8) is 0 Å². The topological polar surface area (TPSA) is 46.2 Å². The van der Waals surface area contributed by atoms with Crippen LogP contribution in [0.25, 0.3) is 0 Å². The second-order valence-corrected chi connectivity index (χ2v) is 2.50. The van der Waals surface area contributed by atoms with Crippen LogP contribution in [0.4, 0.5) is 4.39 Å². The van der Waals surface area contributed by atoms with E-state index in [2.05, 4.69) is 12.2 Å². The Labute approximate surface area is 68.5 Å². The molecule has 0 atom stereocenters. The van der Waals surface area contributed by atoms with Crippen LogP contribution >= 0.6 is 12.2 Å². The molecule has 0 aliphatic heterocycles. The van der Waals surface area contributed by atoms with Gasteiger partial charge in [-0.1, -0.05) is 12.2 Å². The van der Waals surface area contributed by atoms with E-state index in [1.165, 1.54) is 12.1 Å². The number of phenols is 1. The molecule has 3 N–H and O–H groups in total. The number of rotatable bonds is 1. The van der Waals surface area contributed by atoms with E-state index in [1.54, 1.807) is 0 Å². The molecular weight excluding hydrogens is 165 g/mol. The first kappa shape index (κ1) is 7.94. The van der Waals surface area contributed by atoms with Crippen LogP contribution < -0.4 is 5.73 Å². The lowest BCUT2D eigenvalue weighted by Crippen LogP contribution is -2.09. The maximum Gasteiger partial charge on any atom is 0.127 e. The molecular formula is C7H6FNOS. The van der Waals surface area contributed by atoms with Crippen molar-refractivity contribution < 1.29 is 9.50 Å². The summed E-state index contributed by atoms with van der Waals surface area (Å²) in [5.41, 5.74) is 5.54. The van der Waals surface area contributed by atoms with Crippen LogP contribution in [0.5, 0.6) is 5.75 Å². The summed E-state index contributed by atoms with van der Waals surface area (Å²) in [6, 6.07) is 3.47. The third-order valence-corrected chi connectivity index (χ3v) is 1.40. The molecule has 1 rings (SSSR count). The second kappa shape index (κ2) is 2.84. The highest BCUT2D eigenvalue weighted by atomic mass is 32.1. The zero-order chi connectivity index (χ0) is 8.43. The molecule has 58 valence electrons. The van der Waals surface area contributed by atoms with Crippen molar-refractivity contribution in [2.24, 2.45) is 5.73 Å². The molecule has 4 heteroatoms. The number of halogens is 1. The highest BCUT2D eigenvalue weighted by Crippen LogP contribution is 2.13. The molecule has 11 heavy (non-hydrogen) atoms. The lowest BCUT2D eigenvalue weighted by atomic mass is 10.2. The molecule has 0 heterocycles. The molecule has 0 radical (unpaired) electrons. The number of benzene rings is 1. The Morgan fingerprint density at radius 1 is 1.45 bits per heavy atom. The quantitative estimate of drug-likeness (QED) is 0.623. The molecule has 0 aliphatic rings. The van der Waals surface area contributed by atoms with E-state index in [1.807, 2.05) is 0 Å². The largest absolute Gasteiger partial charge is 0.508 e. The number of phenolic OH excluding ortho intramolecular Hbond substituents is 1. The summed E-state index contributed by atoms with van der Waals surface area (Å²) in [7, 11) is 0. The van der Waals surface area contributed by atoms with Gasteiger partial charge in [0, 0.05) is 11.6 Å². The van der Waals surface area contributed by atoms with Crippen LogP contribution in [-0.4, -0.2) is 10.1 Å². The van der Waals surface area contributed by atoms with Gasteiger partial charge in [0.25, 0.3) is 0 Å². The van der Waals surface area contributed by atoms with E-state index in [4.69, 9.17) is 10.8 Å². The highest BCUT2D eigenvalue weighted by molar-refractivity contribution is 7.80. The fourth-order valence-electron chi connectivity index (χ4n) is 0.716. The smallest absolute Gasteiger partial charge is 0.127 e. The van der Waals surface area contributed by atoms with Gasteiger partial charge in [0.15, 0.2) is 0 Å². The Bertz CT molecular complexity index is 280. The molecule has 0 saturated carbocycles. The van der Waals surface area contributed by atoms with Crippen molar-refractivity contribution in [3.05, 3.63) is 29.6 Å². The first-order chi connectivity index (χ1) is 5.09. The number of thiocarbonyl (C=S) groups is 1. The Kier molecular flexibility index (Phi) is 2.05. The lowest BCUT2D eigenvalue weighted by Gasteiger charge is -1.98. The van der Waals surface area contributed by atoms with Crippen molar-refractivity contribution in [3.8, 4) is 5.75 Å². The second-order valence-electron chi connectivity index (χ2n) is 2.06. The summed E-state index contributed by atoms with van der Waals surface area (Å²) in [6.45, 7) is 0. The Balaban J connectivity index is 3.19. The SMILES string of the molecule is NC(=S)c1cc(O)cc(F)c1. The van der Waals surface area contributed by atoms with E-state index in [0.29, 0.717) is 5.56 Å². The van der Waals surface area contributed by atoms with Crippen LogP contribution in [0.3, 0.4) is 0 Å². The van der Waals surface area contributed by atoms with Crippen LogP contribution in [0.15, 0.2) is 18.2 Å². The maximum absolute atomic E-state index is 12.5. The molecule has 0 amide bonds. The van der Waals surface area contributed by atoms with E-state index < -0.39 is 5.82 Å². The van der Waals surface area contributed by atoms with Gasteiger partial charge in [0.2, 0.25) is 0 Å². The molecule has 0 saturated heterocycles. The van der Waals surface area contributed by atoms with Gasteiger partial charge in [-0.05, 0) is 12.1 Å². The van der Waals surface area contributed by atoms with Gasteiger partial charge in [-0.3, -0.25) is 0 Å². The summed E-state index contributed by atoms with van der Waals surface area (Å²) in [4.78, 5) is 0.0693. The van der Waals surface area contributed by atoms with E-state index in [9.17, 15) is 4.39 Å². The summed E-state index contributed by atoms with van der Waals surface area (Å²) in [5.74, 6) is -0.722. The van der Waals surface area contributed by atoms with Gasteiger partial charge in [0.1, 0.15) is 16.6 Å². The van der Waals surface area contributed by atoms with Crippen molar-refractivity contribution >= 4 is 17.2 Å². The molecule has 1 aromatic rings. The van der Waals surface area contributed by atoms with Crippen LogP contribution in [-0.2, 0) is 0 Å². The Hall–Kier alpha value is -1.16. The minimum Gasteiger partial charge on any atom is -0.508 e. The van der Waals surface area contributed by atoms with Crippen molar-refractivity contribution in [2.45, 2.75) is 0 Å². The maximum atomic E-state index is 12.5. The average Bonchev–Trinajstić information content (AvgIpc) is 1.85. The zero-order valence-corrected chi connectivity index (χ0v) is 6.36. The molecule has 2 nitrogen and oxygen atoms in total. The fourth-order valence-corrected chi connectivity index (χ4v) is 0.834. The molecule has 1 aromatic carbocycles. The summed E-state index contributed by atoms with van der Waals surface area (Å²) < 4.78 is 12.5. The molecule has 0 bridgehead atoms. The van der Waals surface area contributed by atoms with Crippen molar-refractivity contribution in [1.82, 2.24) is 0 Å². The fraction of sp³-hybridized carbons (Fsp3) is 0. The summed E-state index contributed by atoms with van der Waals surface area (Å²) in [5, 5.41) is 8.89. The van der Waals surface area contributed by atoms with Gasteiger partial charge in [-0.15, -0.1) is 0 Å². The van der Waals surface area contributed by atoms with Gasteiger partial charge in [0.05, 0.1) is 0 Å². The third-order valence-electron chi connectivity index (χ3n) is 1.17. The third kappa shape index (κ3) is 1.88. The standard InChI is InChI=1S/C7H6FNOS/c8-5-1-4(7(9)11)2-6(10)3-5/h1-3,10H,(H2,9,11). The minimum absolute atomic E-state index is 0.0693. The van der Waals surface area contributed by atoms with Crippen LogP contribution in [0.1, 0.15) is 5.56 Å². The summed E-state index contributed by atoms with van der Waals surface area (Å²) in [6.07, 6.45) is 0. The zero-order valence-electron chi connectivity index (χ0n) is 5.54.